The number of ether oxygens (including phenoxy) is 1. The van der Waals surface area contributed by atoms with E-state index in [1.54, 1.807) is 10.9 Å². The minimum atomic E-state index is -2.58. The van der Waals surface area contributed by atoms with Crippen molar-refractivity contribution in [3.8, 4) is 5.75 Å². The lowest BCUT2D eigenvalue weighted by Crippen LogP contribution is -2.28. The van der Waals surface area contributed by atoms with Crippen molar-refractivity contribution in [2.24, 2.45) is 5.92 Å². The van der Waals surface area contributed by atoms with E-state index in [1.165, 1.54) is 7.11 Å². The zero-order valence-corrected chi connectivity index (χ0v) is 12.0. The van der Waals surface area contributed by atoms with Crippen LogP contribution in [0.4, 0.5) is 8.78 Å². The molecule has 1 fully saturated rings. The molecule has 1 N–H and O–H groups in total. The Labute approximate surface area is 117 Å². The van der Waals surface area contributed by atoms with E-state index in [0.717, 1.165) is 6.42 Å². The van der Waals surface area contributed by atoms with Crippen molar-refractivity contribution in [2.45, 2.75) is 57.6 Å². The number of aromatic nitrogens is 2. The maximum atomic E-state index is 13.2. The van der Waals surface area contributed by atoms with Gasteiger partial charge in [-0.15, -0.1) is 0 Å². The molecule has 1 aliphatic carbocycles. The van der Waals surface area contributed by atoms with Crippen LogP contribution >= 0.6 is 0 Å². The van der Waals surface area contributed by atoms with Crippen LogP contribution in [0.15, 0.2) is 6.20 Å². The molecule has 4 nitrogen and oxygen atoms in total. The third-order valence-corrected chi connectivity index (χ3v) is 3.99. The number of halogens is 2. The Hall–Kier alpha value is -1.17. The lowest BCUT2D eigenvalue weighted by Gasteiger charge is -2.31. The molecule has 0 radical (unpaired) electrons. The SMILES string of the molecule is CCCn1ncc(OC)c1C(O)C1CCC(F)(F)CC1. The summed E-state index contributed by atoms with van der Waals surface area (Å²) in [6.45, 7) is 2.70. The minimum Gasteiger partial charge on any atom is -0.493 e. The lowest BCUT2D eigenvalue weighted by molar-refractivity contribution is -0.0639. The molecule has 114 valence electrons. The summed E-state index contributed by atoms with van der Waals surface area (Å²) in [5.41, 5.74) is 0.615. The molecule has 1 heterocycles. The number of hydrogen-bond acceptors (Lipinski definition) is 3. The van der Waals surface area contributed by atoms with Crippen LogP contribution in [0.3, 0.4) is 0 Å². The molecule has 2 rings (SSSR count). The highest BCUT2D eigenvalue weighted by atomic mass is 19.3. The highest BCUT2D eigenvalue weighted by Crippen LogP contribution is 2.42. The maximum absolute atomic E-state index is 13.2. The third-order valence-electron chi connectivity index (χ3n) is 3.99. The van der Waals surface area contributed by atoms with Crippen molar-refractivity contribution in [1.82, 2.24) is 9.78 Å². The number of aliphatic hydroxyl groups excluding tert-OH is 1. The van der Waals surface area contributed by atoms with E-state index in [-0.39, 0.29) is 18.8 Å². The second-order valence-electron chi connectivity index (χ2n) is 5.46. The molecule has 0 spiro atoms. The van der Waals surface area contributed by atoms with Crippen LogP contribution in [-0.4, -0.2) is 27.9 Å². The lowest BCUT2D eigenvalue weighted by atomic mass is 9.82. The molecular formula is C14H22F2N2O2. The van der Waals surface area contributed by atoms with E-state index >= 15 is 0 Å². The summed E-state index contributed by atoms with van der Waals surface area (Å²) in [6.07, 6.45) is 2.01. The second kappa shape index (κ2) is 6.08. The smallest absolute Gasteiger partial charge is 0.248 e. The number of aliphatic hydroxyl groups is 1. The Morgan fingerprint density at radius 3 is 2.70 bits per heavy atom. The van der Waals surface area contributed by atoms with Gasteiger partial charge in [-0.1, -0.05) is 6.92 Å². The highest BCUT2D eigenvalue weighted by Gasteiger charge is 2.39. The van der Waals surface area contributed by atoms with Gasteiger partial charge in [-0.2, -0.15) is 5.10 Å². The van der Waals surface area contributed by atoms with Crippen LogP contribution in [0.25, 0.3) is 0 Å². The molecule has 20 heavy (non-hydrogen) atoms. The predicted octanol–water partition coefficient (Wildman–Crippen LogP) is 3.16. The quantitative estimate of drug-likeness (QED) is 0.905. The summed E-state index contributed by atoms with van der Waals surface area (Å²) in [5, 5.41) is 14.7. The fourth-order valence-electron chi connectivity index (χ4n) is 2.82. The normalized spacial score (nSPS) is 20.9. The van der Waals surface area contributed by atoms with E-state index in [9.17, 15) is 13.9 Å². The van der Waals surface area contributed by atoms with Gasteiger partial charge in [-0.05, 0) is 25.2 Å². The van der Waals surface area contributed by atoms with Gasteiger partial charge in [-0.3, -0.25) is 4.68 Å². The molecule has 0 bridgehead atoms. The highest BCUT2D eigenvalue weighted by molar-refractivity contribution is 5.28. The van der Waals surface area contributed by atoms with Gasteiger partial charge in [0, 0.05) is 19.4 Å². The number of nitrogens with zero attached hydrogens (tertiary/aromatic N) is 2. The number of alkyl halides is 2. The molecule has 6 heteroatoms. The van der Waals surface area contributed by atoms with Gasteiger partial charge in [0.1, 0.15) is 11.8 Å². The van der Waals surface area contributed by atoms with Crippen LogP contribution in [0.5, 0.6) is 5.75 Å². The largest absolute Gasteiger partial charge is 0.493 e. The molecular weight excluding hydrogens is 266 g/mol. The van der Waals surface area contributed by atoms with Gasteiger partial charge < -0.3 is 9.84 Å². The standard InChI is InChI=1S/C14H22F2N2O2/c1-3-8-18-12(11(20-2)9-17-18)13(19)10-4-6-14(15,16)7-5-10/h9-10,13,19H,3-8H2,1-2H3. The van der Waals surface area contributed by atoms with Crippen LogP contribution in [0, 0.1) is 5.92 Å². The van der Waals surface area contributed by atoms with Gasteiger partial charge in [0.05, 0.1) is 13.3 Å². The molecule has 1 aromatic rings. The monoisotopic (exact) mass is 288 g/mol. The zero-order chi connectivity index (χ0) is 14.8. The molecule has 0 saturated heterocycles. The first-order valence-corrected chi connectivity index (χ1v) is 7.14. The summed E-state index contributed by atoms with van der Waals surface area (Å²) < 4.78 is 33.4. The van der Waals surface area contributed by atoms with E-state index in [1.807, 2.05) is 6.92 Å². The van der Waals surface area contributed by atoms with Crippen LogP contribution < -0.4 is 4.74 Å². The van der Waals surface area contributed by atoms with Gasteiger partial charge in [0.15, 0.2) is 5.75 Å². The van der Waals surface area contributed by atoms with Crippen molar-refractivity contribution < 1.29 is 18.6 Å². The predicted molar refractivity (Wildman–Crippen MR) is 70.9 cm³/mol. The molecule has 1 atom stereocenters. The number of hydrogen-bond donors (Lipinski definition) is 1. The molecule has 0 amide bonds. The molecule has 1 unspecified atom stereocenters. The zero-order valence-electron chi connectivity index (χ0n) is 12.0. The van der Waals surface area contributed by atoms with Crippen LogP contribution in [-0.2, 0) is 6.54 Å². The van der Waals surface area contributed by atoms with Crippen molar-refractivity contribution in [2.75, 3.05) is 7.11 Å². The summed E-state index contributed by atoms with van der Waals surface area (Å²) in [6, 6.07) is 0. The van der Waals surface area contributed by atoms with Gasteiger partial charge >= 0.3 is 0 Å². The Bertz CT molecular complexity index is 438. The number of methoxy groups -OCH3 is 1. The summed E-state index contributed by atoms with van der Waals surface area (Å²) >= 11 is 0. The van der Waals surface area contributed by atoms with Crippen molar-refractivity contribution in [3.05, 3.63) is 11.9 Å². The van der Waals surface area contributed by atoms with Crippen LogP contribution in [0.1, 0.15) is 50.8 Å². The van der Waals surface area contributed by atoms with Crippen molar-refractivity contribution in [3.63, 3.8) is 0 Å². The first-order chi connectivity index (χ1) is 9.48. The average molecular weight is 288 g/mol. The van der Waals surface area contributed by atoms with Gasteiger partial charge in [-0.25, -0.2) is 8.78 Å². The second-order valence-corrected chi connectivity index (χ2v) is 5.46. The maximum Gasteiger partial charge on any atom is 0.248 e. The fourth-order valence-corrected chi connectivity index (χ4v) is 2.82. The van der Waals surface area contributed by atoms with E-state index in [4.69, 9.17) is 4.74 Å². The summed E-state index contributed by atoms with van der Waals surface area (Å²) in [4.78, 5) is 0. The average Bonchev–Trinajstić information content (AvgIpc) is 2.81. The van der Waals surface area contributed by atoms with Gasteiger partial charge in [0.2, 0.25) is 5.92 Å². The Morgan fingerprint density at radius 2 is 2.15 bits per heavy atom. The molecule has 0 aliphatic heterocycles. The van der Waals surface area contributed by atoms with E-state index in [0.29, 0.717) is 30.8 Å². The topological polar surface area (TPSA) is 47.3 Å². The number of aryl methyl sites for hydroxylation is 1. The van der Waals surface area contributed by atoms with Crippen molar-refractivity contribution in [1.29, 1.82) is 0 Å². The first-order valence-electron chi connectivity index (χ1n) is 7.14. The summed E-state index contributed by atoms with van der Waals surface area (Å²) in [7, 11) is 1.53. The van der Waals surface area contributed by atoms with Gasteiger partial charge in [0.25, 0.3) is 0 Å². The third kappa shape index (κ3) is 3.11. The van der Waals surface area contributed by atoms with Crippen molar-refractivity contribution >= 4 is 0 Å². The molecule has 1 saturated carbocycles. The van der Waals surface area contributed by atoms with E-state index < -0.39 is 12.0 Å². The Morgan fingerprint density at radius 1 is 1.50 bits per heavy atom. The summed E-state index contributed by atoms with van der Waals surface area (Å²) in [5.74, 6) is -2.21. The molecule has 0 aromatic carbocycles. The Kier molecular flexibility index (Phi) is 4.62. The van der Waals surface area contributed by atoms with E-state index in [2.05, 4.69) is 5.10 Å². The van der Waals surface area contributed by atoms with Crippen LogP contribution in [0.2, 0.25) is 0 Å². The molecule has 1 aromatic heterocycles. The minimum absolute atomic E-state index is 0.154. The fraction of sp³-hybridized carbons (Fsp3) is 0.786. The molecule has 1 aliphatic rings. The Balaban J connectivity index is 2.16. The number of rotatable bonds is 5. The first kappa shape index (κ1) is 15.2.